The fraction of sp³-hybridized carbons (Fsp3) is 0. The maximum absolute atomic E-state index is 13.6. The van der Waals surface area contributed by atoms with Gasteiger partial charge >= 0.3 is 0 Å². The van der Waals surface area contributed by atoms with Gasteiger partial charge in [-0.3, -0.25) is 4.98 Å². The molecule has 0 saturated carbocycles. The third kappa shape index (κ3) is 3.49. The van der Waals surface area contributed by atoms with Crippen LogP contribution in [0.1, 0.15) is 0 Å². The minimum absolute atomic E-state index is 0.0951. The zero-order valence-corrected chi connectivity index (χ0v) is 12.6. The van der Waals surface area contributed by atoms with Gasteiger partial charge in [-0.05, 0) is 30.3 Å². The fourth-order valence-electron chi connectivity index (χ4n) is 2.00. The van der Waals surface area contributed by atoms with Crippen molar-refractivity contribution in [2.45, 2.75) is 0 Å². The maximum atomic E-state index is 13.6. The molecule has 0 fully saturated rings. The van der Waals surface area contributed by atoms with E-state index in [0.29, 0.717) is 16.8 Å². The molecule has 0 amide bonds. The van der Waals surface area contributed by atoms with Crippen molar-refractivity contribution in [3.8, 4) is 35.0 Å². The summed E-state index contributed by atoms with van der Waals surface area (Å²) in [5.74, 6) is -0.135. The Hall–Kier alpha value is -4.04. The Balaban J connectivity index is 1.99. The van der Waals surface area contributed by atoms with Gasteiger partial charge in [-0.25, -0.2) is 4.39 Å². The molecule has 3 rings (SSSR count). The summed E-state index contributed by atoms with van der Waals surface area (Å²) in [6.45, 7) is 0. The van der Waals surface area contributed by atoms with Crippen LogP contribution in [0.4, 0.5) is 10.1 Å². The summed E-state index contributed by atoms with van der Waals surface area (Å²) in [5.41, 5.74) is 1.27. The van der Waals surface area contributed by atoms with Crippen LogP contribution in [0.3, 0.4) is 0 Å². The average Bonchev–Trinajstić information content (AvgIpc) is 3.14. The number of nitriles is 2. The number of nitrogens with zero attached hydrogens (tertiary/aromatic N) is 5. The summed E-state index contributed by atoms with van der Waals surface area (Å²) < 4.78 is 19.3. The first-order valence-electron chi connectivity index (χ1n) is 7.02. The Kier molecular flexibility index (Phi) is 4.45. The van der Waals surface area contributed by atoms with Crippen molar-refractivity contribution < 1.29 is 8.81 Å². The summed E-state index contributed by atoms with van der Waals surface area (Å²) in [6.07, 6.45) is 4.39. The second-order valence-corrected chi connectivity index (χ2v) is 4.76. The molecule has 0 aliphatic carbocycles. The van der Waals surface area contributed by atoms with Crippen molar-refractivity contribution in [1.29, 1.82) is 10.5 Å². The van der Waals surface area contributed by atoms with Gasteiger partial charge in [-0.2, -0.15) is 10.5 Å². The molecule has 0 aliphatic rings. The summed E-state index contributed by atoms with van der Waals surface area (Å²) in [7, 11) is 0. The van der Waals surface area contributed by atoms with Gasteiger partial charge < -0.3 is 9.73 Å². The predicted octanol–water partition coefficient (Wildman–Crippen LogP) is 3.28. The lowest BCUT2D eigenvalue weighted by Gasteiger charge is -2.06. The summed E-state index contributed by atoms with van der Waals surface area (Å²) in [4.78, 5) is 3.91. The van der Waals surface area contributed by atoms with Gasteiger partial charge in [0.15, 0.2) is 0 Å². The van der Waals surface area contributed by atoms with E-state index in [2.05, 4.69) is 20.5 Å². The van der Waals surface area contributed by atoms with E-state index in [-0.39, 0.29) is 17.4 Å². The van der Waals surface area contributed by atoms with Gasteiger partial charge in [0.05, 0.1) is 11.3 Å². The zero-order valence-electron chi connectivity index (χ0n) is 12.6. The molecule has 8 heteroatoms. The van der Waals surface area contributed by atoms with Gasteiger partial charge in [-0.1, -0.05) is 0 Å². The van der Waals surface area contributed by atoms with Gasteiger partial charge in [0, 0.05) is 24.2 Å². The van der Waals surface area contributed by atoms with Gasteiger partial charge in [0.1, 0.15) is 23.5 Å². The molecular weight excluding hydrogens is 323 g/mol. The summed E-state index contributed by atoms with van der Waals surface area (Å²) in [6, 6.07) is 10.8. The molecule has 1 N–H and O–H groups in total. The largest absolute Gasteiger partial charge is 0.416 e. The molecular formula is C17H9FN6O. The smallest absolute Gasteiger partial charge is 0.250 e. The number of hydrogen-bond acceptors (Lipinski definition) is 7. The molecule has 0 atom stereocenters. The molecule has 25 heavy (non-hydrogen) atoms. The monoisotopic (exact) mass is 332 g/mol. The van der Waals surface area contributed by atoms with E-state index in [1.54, 1.807) is 36.7 Å². The van der Waals surface area contributed by atoms with Crippen LogP contribution in [0.5, 0.6) is 0 Å². The van der Waals surface area contributed by atoms with Crippen LogP contribution in [0, 0.1) is 28.5 Å². The Bertz CT molecular complexity index is 998. The SMILES string of the molecule is N#CC(C#N)=CNc1ccc(F)cc1-c1nnc(-c2ccncc2)o1. The predicted molar refractivity (Wildman–Crippen MR) is 85.9 cm³/mol. The van der Waals surface area contributed by atoms with Crippen LogP contribution in [-0.2, 0) is 0 Å². The number of rotatable bonds is 4. The van der Waals surface area contributed by atoms with E-state index >= 15 is 0 Å². The Labute approximate surface area is 141 Å². The summed E-state index contributed by atoms with van der Waals surface area (Å²) in [5, 5.41) is 28.2. The molecule has 2 heterocycles. The van der Waals surface area contributed by atoms with E-state index in [9.17, 15) is 4.39 Å². The molecule has 7 nitrogen and oxygen atoms in total. The molecule has 0 spiro atoms. The number of nitrogens with one attached hydrogen (secondary N) is 1. The lowest BCUT2D eigenvalue weighted by Crippen LogP contribution is -1.94. The quantitative estimate of drug-likeness (QED) is 0.730. The number of hydrogen-bond donors (Lipinski definition) is 1. The third-order valence-corrected chi connectivity index (χ3v) is 3.18. The van der Waals surface area contributed by atoms with Crippen LogP contribution in [-0.4, -0.2) is 15.2 Å². The molecule has 3 aromatic rings. The standard InChI is InChI=1S/C17H9FN6O/c18-13-1-2-15(22-10-11(8-19)9-20)14(7-13)17-24-23-16(25-17)12-3-5-21-6-4-12/h1-7,10,22H. The molecule has 0 aliphatic heterocycles. The lowest BCUT2D eigenvalue weighted by atomic mass is 10.1. The highest BCUT2D eigenvalue weighted by molar-refractivity contribution is 5.74. The van der Waals surface area contributed by atoms with Crippen molar-refractivity contribution >= 4 is 5.69 Å². The normalized spacial score (nSPS) is 9.72. The van der Waals surface area contributed by atoms with Crippen LogP contribution in [0.25, 0.3) is 22.9 Å². The minimum Gasteiger partial charge on any atom is -0.416 e. The van der Waals surface area contributed by atoms with Crippen molar-refractivity contribution in [3.05, 3.63) is 60.3 Å². The van der Waals surface area contributed by atoms with E-state index in [4.69, 9.17) is 14.9 Å². The van der Waals surface area contributed by atoms with Crippen LogP contribution < -0.4 is 5.32 Å². The van der Waals surface area contributed by atoms with Gasteiger partial charge in [0.2, 0.25) is 11.8 Å². The van der Waals surface area contributed by atoms with Crippen LogP contribution in [0.2, 0.25) is 0 Å². The highest BCUT2D eigenvalue weighted by atomic mass is 19.1. The molecule has 120 valence electrons. The first kappa shape index (κ1) is 15.8. The first-order valence-corrected chi connectivity index (χ1v) is 7.02. The molecule has 1 aromatic carbocycles. The van der Waals surface area contributed by atoms with Crippen molar-refractivity contribution in [2.75, 3.05) is 5.32 Å². The van der Waals surface area contributed by atoms with Gasteiger partial charge in [-0.15, -0.1) is 10.2 Å². The van der Waals surface area contributed by atoms with Gasteiger partial charge in [0.25, 0.3) is 0 Å². The number of pyridine rings is 1. The second kappa shape index (κ2) is 7.02. The zero-order chi connectivity index (χ0) is 17.6. The average molecular weight is 332 g/mol. The topological polar surface area (TPSA) is 111 Å². The molecule has 0 saturated heterocycles. The maximum Gasteiger partial charge on any atom is 0.250 e. The minimum atomic E-state index is -0.492. The number of halogens is 1. The number of allylic oxidation sites excluding steroid dienone is 1. The van der Waals surface area contributed by atoms with Crippen LogP contribution >= 0.6 is 0 Å². The van der Waals surface area contributed by atoms with Crippen LogP contribution in [0.15, 0.2) is 58.9 Å². The molecule has 2 aromatic heterocycles. The van der Waals surface area contributed by atoms with E-state index in [1.807, 2.05) is 0 Å². The Morgan fingerprint density at radius 2 is 1.80 bits per heavy atom. The Morgan fingerprint density at radius 1 is 1.08 bits per heavy atom. The highest BCUT2D eigenvalue weighted by Crippen LogP contribution is 2.30. The number of benzene rings is 1. The van der Waals surface area contributed by atoms with E-state index in [1.165, 1.54) is 24.4 Å². The Morgan fingerprint density at radius 3 is 2.52 bits per heavy atom. The fourth-order valence-corrected chi connectivity index (χ4v) is 2.00. The third-order valence-electron chi connectivity index (χ3n) is 3.18. The second-order valence-electron chi connectivity index (χ2n) is 4.76. The van der Waals surface area contributed by atoms with Crippen molar-refractivity contribution in [3.63, 3.8) is 0 Å². The van der Waals surface area contributed by atoms with E-state index in [0.717, 1.165) is 0 Å². The van der Waals surface area contributed by atoms with Crippen molar-refractivity contribution in [2.24, 2.45) is 0 Å². The highest BCUT2D eigenvalue weighted by Gasteiger charge is 2.15. The molecule has 0 radical (unpaired) electrons. The summed E-state index contributed by atoms with van der Waals surface area (Å²) >= 11 is 0. The number of aromatic nitrogens is 3. The van der Waals surface area contributed by atoms with Crippen molar-refractivity contribution in [1.82, 2.24) is 15.2 Å². The first-order chi connectivity index (χ1) is 12.2. The van der Waals surface area contributed by atoms with E-state index < -0.39 is 5.82 Å². The lowest BCUT2D eigenvalue weighted by molar-refractivity contribution is 0.582. The number of anilines is 1. The molecule has 0 unspecified atom stereocenters. The molecule has 0 bridgehead atoms.